The second-order valence-electron chi connectivity index (χ2n) is 2.52. The molecular weight excluding hydrogens is 251 g/mol. The van der Waals surface area contributed by atoms with Gasteiger partial charge in [-0.3, -0.25) is 4.79 Å². The summed E-state index contributed by atoms with van der Waals surface area (Å²) < 4.78 is 1.17. The first-order valence-electron chi connectivity index (χ1n) is 3.38. The average Bonchev–Trinajstić information content (AvgIpc) is 1.85. The van der Waals surface area contributed by atoms with E-state index in [0.717, 1.165) is 11.1 Å². The number of ketones is 1. The van der Waals surface area contributed by atoms with E-state index in [0.29, 0.717) is 0 Å². The molecule has 0 amide bonds. The van der Waals surface area contributed by atoms with Gasteiger partial charge in [0.2, 0.25) is 0 Å². The highest BCUT2D eigenvalue weighted by Gasteiger charge is 2.02. The third-order valence-electron chi connectivity index (χ3n) is 1.57. The maximum atomic E-state index is 11.0. The summed E-state index contributed by atoms with van der Waals surface area (Å²) in [6, 6.07) is 5.83. The van der Waals surface area contributed by atoms with Gasteiger partial charge >= 0.3 is 0 Å². The Labute approximate surface area is 79.9 Å². The van der Waals surface area contributed by atoms with E-state index in [1.54, 1.807) is 6.92 Å². The smallest absolute Gasteiger partial charge is 0.160 e. The lowest BCUT2D eigenvalue weighted by molar-refractivity contribution is 0.101. The van der Waals surface area contributed by atoms with Crippen molar-refractivity contribution < 1.29 is 4.79 Å². The number of hydrogen-bond acceptors (Lipinski definition) is 1. The van der Waals surface area contributed by atoms with Crippen molar-refractivity contribution >= 4 is 28.4 Å². The second kappa shape index (κ2) is 3.34. The normalized spacial score (nSPS) is 9.73. The monoisotopic (exact) mass is 260 g/mol. The molecule has 0 bridgehead atoms. The van der Waals surface area contributed by atoms with Crippen LogP contribution in [-0.2, 0) is 0 Å². The van der Waals surface area contributed by atoms with Crippen LogP contribution in [0.25, 0.3) is 0 Å². The molecule has 0 spiro atoms. The molecule has 0 N–H and O–H groups in total. The molecule has 2 heteroatoms. The summed E-state index contributed by atoms with van der Waals surface area (Å²) in [7, 11) is 0. The van der Waals surface area contributed by atoms with Crippen LogP contribution in [-0.4, -0.2) is 5.78 Å². The number of aryl methyl sites for hydroxylation is 1. The molecule has 0 saturated carbocycles. The zero-order valence-corrected chi connectivity index (χ0v) is 8.68. The molecule has 0 radical (unpaired) electrons. The van der Waals surface area contributed by atoms with Gasteiger partial charge in [-0.25, -0.2) is 0 Å². The topological polar surface area (TPSA) is 17.1 Å². The number of carbonyl (C=O) groups excluding carboxylic acids is 1. The molecule has 1 rings (SSSR count). The number of benzene rings is 1. The largest absolute Gasteiger partial charge is 0.295 e. The fourth-order valence-electron chi connectivity index (χ4n) is 1.02. The molecule has 0 atom stereocenters. The molecule has 0 heterocycles. The Kier molecular flexibility index (Phi) is 2.65. The molecule has 0 aromatic heterocycles. The van der Waals surface area contributed by atoms with Crippen LogP contribution in [0.3, 0.4) is 0 Å². The standard InChI is InChI=1S/C9H9IO/c1-6-5-8(10)3-4-9(6)7(2)11/h3-5H,1-2H3. The maximum Gasteiger partial charge on any atom is 0.160 e. The van der Waals surface area contributed by atoms with Gasteiger partial charge in [-0.1, -0.05) is 6.07 Å². The minimum absolute atomic E-state index is 0.138. The lowest BCUT2D eigenvalue weighted by atomic mass is 10.1. The zero-order chi connectivity index (χ0) is 8.43. The first-order chi connectivity index (χ1) is 5.11. The van der Waals surface area contributed by atoms with Crippen molar-refractivity contribution in [3.05, 3.63) is 32.9 Å². The lowest BCUT2D eigenvalue weighted by Gasteiger charge is -2.00. The van der Waals surface area contributed by atoms with Gasteiger partial charge < -0.3 is 0 Å². The van der Waals surface area contributed by atoms with E-state index in [4.69, 9.17) is 0 Å². The van der Waals surface area contributed by atoms with Gasteiger partial charge in [0, 0.05) is 9.13 Å². The van der Waals surface area contributed by atoms with E-state index in [1.165, 1.54) is 3.57 Å². The predicted molar refractivity (Wildman–Crippen MR) is 53.9 cm³/mol. The maximum absolute atomic E-state index is 11.0. The van der Waals surface area contributed by atoms with Crippen molar-refractivity contribution in [3.8, 4) is 0 Å². The first kappa shape index (κ1) is 8.71. The molecule has 0 saturated heterocycles. The predicted octanol–water partition coefficient (Wildman–Crippen LogP) is 2.80. The molecule has 11 heavy (non-hydrogen) atoms. The molecule has 0 aliphatic carbocycles. The molecule has 1 nitrogen and oxygen atoms in total. The average molecular weight is 260 g/mol. The number of halogens is 1. The third-order valence-corrected chi connectivity index (χ3v) is 2.24. The van der Waals surface area contributed by atoms with Crippen LogP contribution in [0, 0.1) is 10.5 Å². The number of rotatable bonds is 1. The summed E-state index contributed by atoms with van der Waals surface area (Å²) in [6.45, 7) is 3.55. The molecule has 58 valence electrons. The zero-order valence-electron chi connectivity index (χ0n) is 6.52. The van der Waals surface area contributed by atoms with Gasteiger partial charge in [-0.2, -0.15) is 0 Å². The number of hydrogen-bond donors (Lipinski definition) is 0. The Morgan fingerprint density at radius 3 is 2.55 bits per heavy atom. The fraction of sp³-hybridized carbons (Fsp3) is 0.222. The minimum Gasteiger partial charge on any atom is -0.295 e. The van der Waals surface area contributed by atoms with E-state index in [1.807, 2.05) is 25.1 Å². The first-order valence-corrected chi connectivity index (χ1v) is 4.46. The van der Waals surface area contributed by atoms with Crippen LogP contribution in [0.4, 0.5) is 0 Å². The van der Waals surface area contributed by atoms with Crippen LogP contribution < -0.4 is 0 Å². The summed E-state index contributed by atoms with van der Waals surface area (Å²) in [5.41, 5.74) is 1.88. The van der Waals surface area contributed by atoms with Crippen molar-refractivity contribution in [2.75, 3.05) is 0 Å². The van der Waals surface area contributed by atoms with Gasteiger partial charge in [-0.15, -0.1) is 0 Å². The molecule has 0 unspecified atom stereocenters. The molecule has 0 aliphatic heterocycles. The van der Waals surface area contributed by atoms with Gasteiger partial charge in [-0.05, 0) is 54.1 Å². The van der Waals surface area contributed by atoms with Crippen molar-refractivity contribution in [1.29, 1.82) is 0 Å². The summed E-state index contributed by atoms with van der Waals surface area (Å²) in [5.74, 6) is 0.138. The van der Waals surface area contributed by atoms with Crippen LogP contribution >= 0.6 is 22.6 Å². The molecule has 1 aromatic rings. The van der Waals surface area contributed by atoms with Crippen molar-refractivity contribution in [2.45, 2.75) is 13.8 Å². The molecular formula is C9H9IO. The third kappa shape index (κ3) is 2.02. The van der Waals surface area contributed by atoms with Crippen molar-refractivity contribution in [2.24, 2.45) is 0 Å². The van der Waals surface area contributed by atoms with Crippen LogP contribution in [0.15, 0.2) is 18.2 Å². The van der Waals surface area contributed by atoms with E-state index < -0.39 is 0 Å². The van der Waals surface area contributed by atoms with Gasteiger partial charge in [0.1, 0.15) is 0 Å². The summed E-state index contributed by atoms with van der Waals surface area (Å²) >= 11 is 2.23. The number of Topliss-reactive ketones (excluding diaryl/α,β-unsaturated/α-hetero) is 1. The van der Waals surface area contributed by atoms with E-state index in [2.05, 4.69) is 22.6 Å². The van der Waals surface area contributed by atoms with E-state index in [9.17, 15) is 4.79 Å². The quantitative estimate of drug-likeness (QED) is 0.560. The molecule has 0 aliphatic rings. The van der Waals surface area contributed by atoms with Crippen LogP contribution in [0.5, 0.6) is 0 Å². The highest BCUT2D eigenvalue weighted by molar-refractivity contribution is 14.1. The SMILES string of the molecule is CC(=O)c1ccc(I)cc1C. The van der Waals surface area contributed by atoms with E-state index in [-0.39, 0.29) is 5.78 Å². The van der Waals surface area contributed by atoms with E-state index >= 15 is 0 Å². The molecule has 0 fully saturated rings. The Morgan fingerprint density at radius 2 is 2.09 bits per heavy atom. The highest BCUT2D eigenvalue weighted by atomic mass is 127. The summed E-state index contributed by atoms with van der Waals surface area (Å²) in [5, 5.41) is 0. The van der Waals surface area contributed by atoms with Crippen LogP contribution in [0.1, 0.15) is 22.8 Å². The summed E-state index contributed by atoms with van der Waals surface area (Å²) in [6.07, 6.45) is 0. The Balaban J connectivity index is 3.20. The van der Waals surface area contributed by atoms with Gasteiger partial charge in [0.25, 0.3) is 0 Å². The highest BCUT2D eigenvalue weighted by Crippen LogP contribution is 2.12. The Bertz CT molecular complexity index is 292. The summed E-state index contributed by atoms with van der Waals surface area (Å²) in [4.78, 5) is 11.0. The van der Waals surface area contributed by atoms with Crippen molar-refractivity contribution in [3.63, 3.8) is 0 Å². The van der Waals surface area contributed by atoms with Gasteiger partial charge in [0.05, 0.1) is 0 Å². The Hall–Kier alpha value is -0.380. The molecule has 1 aromatic carbocycles. The minimum atomic E-state index is 0.138. The van der Waals surface area contributed by atoms with Crippen LogP contribution in [0.2, 0.25) is 0 Å². The fourth-order valence-corrected chi connectivity index (χ4v) is 1.67. The lowest BCUT2D eigenvalue weighted by Crippen LogP contribution is -1.95. The van der Waals surface area contributed by atoms with Crippen molar-refractivity contribution in [1.82, 2.24) is 0 Å². The Morgan fingerprint density at radius 1 is 1.45 bits per heavy atom. The number of carbonyl (C=O) groups is 1. The van der Waals surface area contributed by atoms with Gasteiger partial charge in [0.15, 0.2) is 5.78 Å². The second-order valence-corrected chi connectivity index (χ2v) is 3.76.